The smallest absolute Gasteiger partial charge is 0.227 e. The minimum Gasteiger partial charge on any atom is -0.326 e. The van der Waals surface area contributed by atoms with Crippen LogP contribution in [0.25, 0.3) is 0 Å². The van der Waals surface area contributed by atoms with Gasteiger partial charge in [0, 0.05) is 24.7 Å². The Morgan fingerprint density at radius 1 is 1.24 bits per heavy atom. The van der Waals surface area contributed by atoms with E-state index in [-0.39, 0.29) is 17.6 Å². The molecule has 0 aliphatic carbocycles. The van der Waals surface area contributed by atoms with Gasteiger partial charge in [-0.05, 0) is 31.4 Å². The van der Waals surface area contributed by atoms with Gasteiger partial charge in [-0.2, -0.15) is 0 Å². The molecule has 116 valence electrons. The maximum atomic E-state index is 12.2. The lowest BCUT2D eigenvalue weighted by Gasteiger charge is -2.30. The summed E-state index contributed by atoms with van der Waals surface area (Å²) < 4.78 is 25.5. The van der Waals surface area contributed by atoms with E-state index in [0.29, 0.717) is 32.4 Å². The fraction of sp³-hybridized carbons (Fsp3) is 0.533. The molecule has 0 spiro atoms. The Morgan fingerprint density at radius 3 is 2.43 bits per heavy atom. The highest BCUT2D eigenvalue weighted by Crippen LogP contribution is 2.21. The van der Waals surface area contributed by atoms with Crippen molar-refractivity contribution in [3.63, 3.8) is 0 Å². The van der Waals surface area contributed by atoms with E-state index in [1.807, 2.05) is 37.3 Å². The molecule has 1 amide bonds. The van der Waals surface area contributed by atoms with Crippen LogP contribution in [0.3, 0.4) is 0 Å². The highest BCUT2D eigenvalue weighted by molar-refractivity contribution is 7.89. The van der Waals surface area contributed by atoms with Crippen molar-refractivity contribution < 1.29 is 13.2 Å². The average Bonchev–Trinajstić information content (AvgIpc) is 2.48. The first-order valence-electron chi connectivity index (χ1n) is 7.36. The second-order valence-corrected chi connectivity index (χ2v) is 7.43. The average molecular weight is 310 g/mol. The predicted octanol–water partition coefficient (Wildman–Crippen LogP) is 2.08. The van der Waals surface area contributed by atoms with Crippen molar-refractivity contribution in [1.29, 1.82) is 0 Å². The highest BCUT2D eigenvalue weighted by atomic mass is 32.2. The van der Waals surface area contributed by atoms with Crippen LogP contribution < -0.4 is 5.32 Å². The van der Waals surface area contributed by atoms with Crippen LogP contribution in [0.4, 0.5) is 5.69 Å². The van der Waals surface area contributed by atoms with E-state index in [4.69, 9.17) is 0 Å². The third-order valence-corrected chi connectivity index (χ3v) is 5.80. The molecule has 0 aromatic heterocycles. The number of carbonyl (C=O) groups excluding carboxylic acids is 1. The first-order valence-corrected chi connectivity index (χ1v) is 8.97. The number of sulfonamides is 1. The monoisotopic (exact) mass is 310 g/mol. The summed E-state index contributed by atoms with van der Waals surface area (Å²) in [5.41, 5.74) is 0.781. The summed E-state index contributed by atoms with van der Waals surface area (Å²) in [6, 6.07) is 9.33. The van der Waals surface area contributed by atoms with Crippen LogP contribution in [0.2, 0.25) is 0 Å². The number of carbonyl (C=O) groups is 1. The van der Waals surface area contributed by atoms with Gasteiger partial charge >= 0.3 is 0 Å². The van der Waals surface area contributed by atoms with Gasteiger partial charge in [0.05, 0.1) is 5.75 Å². The van der Waals surface area contributed by atoms with Crippen molar-refractivity contribution in [3.05, 3.63) is 30.3 Å². The number of para-hydroxylation sites is 1. The number of piperidine rings is 1. The molecule has 0 bridgehead atoms. The number of rotatable bonds is 5. The van der Waals surface area contributed by atoms with Crippen molar-refractivity contribution in [2.75, 3.05) is 24.2 Å². The zero-order valence-corrected chi connectivity index (χ0v) is 13.1. The Labute approximate surface area is 126 Å². The maximum absolute atomic E-state index is 12.2. The number of benzene rings is 1. The summed E-state index contributed by atoms with van der Waals surface area (Å²) in [5, 5.41) is 2.88. The molecule has 0 saturated carbocycles. The van der Waals surface area contributed by atoms with Crippen LogP contribution in [0.5, 0.6) is 0 Å². The summed E-state index contributed by atoms with van der Waals surface area (Å²) in [5.74, 6) is 0.0560. The van der Waals surface area contributed by atoms with Crippen LogP contribution in [0.1, 0.15) is 26.2 Å². The van der Waals surface area contributed by atoms with Crippen molar-refractivity contribution in [2.24, 2.45) is 5.92 Å². The molecule has 1 N–H and O–H groups in total. The number of hydrogen-bond acceptors (Lipinski definition) is 3. The molecule has 1 aromatic carbocycles. The second-order valence-electron chi connectivity index (χ2n) is 5.34. The Balaban J connectivity index is 1.88. The summed E-state index contributed by atoms with van der Waals surface area (Å²) >= 11 is 0. The molecule has 0 unspecified atom stereocenters. The molecule has 21 heavy (non-hydrogen) atoms. The van der Waals surface area contributed by atoms with Gasteiger partial charge in [-0.1, -0.05) is 25.1 Å². The van der Waals surface area contributed by atoms with Crippen LogP contribution >= 0.6 is 0 Å². The second kappa shape index (κ2) is 7.04. The molecule has 2 rings (SSSR count). The quantitative estimate of drug-likeness (QED) is 0.905. The molecule has 1 heterocycles. The Morgan fingerprint density at radius 2 is 1.86 bits per heavy atom. The molecule has 1 saturated heterocycles. The van der Waals surface area contributed by atoms with Crippen LogP contribution in [0, 0.1) is 5.92 Å². The third kappa shape index (κ3) is 4.28. The number of hydrogen-bond donors (Lipinski definition) is 1. The predicted molar refractivity (Wildman–Crippen MR) is 83.4 cm³/mol. The first kappa shape index (κ1) is 16.0. The Hall–Kier alpha value is -1.40. The molecule has 0 atom stereocenters. The minimum absolute atomic E-state index is 0.0197. The van der Waals surface area contributed by atoms with Gasteiger partial charge in [0.15, 0.2) is 0 Å². The lowest BCUT2D eigenvalue weighted by Crippen LogP contribution is -2.42. The standard InChI is InChI=1S/C15H22N2O3S/c1-2-12-21(19,20)17-10-8-13(9-11-17)15(18)16-14-6-4-3-5-7-14/h3-7,13H,2,8-12H2,1H3,(H,16,18). The molecule has 5 nitrogen and oxygen atoms in total. The highest BCUT2D eigenvalue weighted by Gasteiger charge is 2.30. The molecule has 6 heteroatoms. The lowest BCUT2D eigenvalue weighted by atomic mass is 9.97. The van der Waals surface area contributed by atoms with E-state index >= 15 is 0 Å². The largest absolute Gasteiger partial charge is 0.326 e. The third-order valence-electron chi connectivity index (χ3n) is 3.72. The van der Waals surface area contributed by atoms with E-state index < -0.39 is 10.0 Å². The Kier molecular flexibility index (Phi) is 5.36. The summed E-state index contributed by atoms with van der Waals surface area (Å²) in [6.07, 6.45) is 1.79. The van der Waals surface area contributed by atoms with Gasteiger partial charge in [-0.3, -0.25) is 4.79 Å². The van der Waals surface area contributed by atoms with Crippen molar-refractivity contribution in [2.45, 2.75) is 26.2 Å². The molecule has 0 radical (unpaired) electrons. The molecule has 1 aliphatic rings. The zero-order chi connectivity index (χ0) is 15.3. The van der Waals surface area contributed by atoms with Gasteiger partial charge in [0.25, 0.3) is 0 Å². The summed E-state index contributed by atoms with van der Waals surface area (Å²) in [7, 11) is -3.14. The van der Waals surface area contributed by atoms with E-state index in [9.17, 15) is 13.2 Å². The van der Waals surface area contributed by atoms with E-state index in [1.54, 1.807) is 0 Å². The SMILES string of the molecule is CCCS(=O)(=O)N1CCC(C(=O)Nc2ccccc2)CC1. The fourth-order valence-electron chi connectivity index (χ4n) is 2.55. The first-order chi connectivity index (χ1) is 10.0. The van der Waals surface area contributed by atoms with Gasteiger partial charge in [-0.15, -0.1) is 0 Å². The normalized spacial score (nSPS) is 17.6. The van der Waals surface area contributed by atoms with Crippen LogP contribution in [0.15, 0.2) is 30.3 Å². The summed E-state index contributed by atoms with van der Waals surface area (Å²) in [4.78, 5) is 12.2. The van der Waals surface area contributed by atoms with Crippen LogP contribution in [-0.2, 0) is 14.8 Å². The van der Waals surface area contributed by atoms with E-state index in [0.717, 1.165) is 5.69 Å². The minimum atomic E-state index is -3.14. The lowest BCUT2D eigenvalue weighted by molar-refractivity contribution is -0.120. The number of anilines is 1. The Bertz CT molecular complexity index is 564. The van der Waals surface area contributed by atoms with Crippen molar-refractivity contribution in [3.8, 4) is 0 Å². The van der Waals surface area contributed by atoms with Crippen LogP contribution in [-0.4, -0.2) is 37.5 Å². The summed E-state index contributed by atoms with van der Waals surface area (Å²) in [6.45, 7) is 2.74. The van der Waals surface area contributed by atoms with Gasteiger partial charge in [-0.25, -0.2) is 12.7 Å². The maximum Gasteiger partial charge on any atom is 0.227 e. The van der Waals surface area contributed by atoms with Gasteiger partial charge in [0.1, 0.15) is 0 Å². The zero-order valence-electron chi connectivity index (χ0n) is 12.3. The van der Waals surface area contributed by atoms with E-state index in [1.165, 1.54) is 4.31 Å². The van der Waals surface area contributed by atoms with Crippen molar-refractivity contribution >= 4 is 21.6 Å². The molecule has 1 aliphatic heterocycles. The number of nitrogens with one attached hydrogen (secondary N) is 1. The molecular weight excluding hydrogens is 288 g/mol. The molecule has 1 fully saturated rings. The topological polar surface area (TPSA) is 66.5 Å². The molecule has 1 aromatic rings. The fourth-order valence-corrected chi connectivity index (χ4v) is 4.09. The van der Waals surface area contributed by atoms with Crippen molar-refractivity contribution in [1.82, 2.24) is 4.31 Å². The van der Waals surface area contributed by atoms with E-state index in [2.05, 4.69) is 5.32 Å². The molecular formula is C15H22N2O3S. The van der Waals surface area contributed by atoms with Gasteiger partial charge in [0.2, 0.25) is 15.9 Å². The van der Waals surface area contributed by atoms with Gasteiger partial charge < -0.3 is 5.32 Å². The number of nitrogens with zero attached hydrogens (tertiary/aromatic N) is 1. The number of amides is 1.